The lowest BCUT2D eigenvalue weighted by Crippen LogP contribution is -2.35. The zero-order valence-electron chi connectivity index (χ0n) is 21.8. The first kappa shape index (κ1) is 25.8. The molecule has 10 heteroatoms. The van der Waals surface area contributed by atoms with Crippen LogP contribution in [0.2, 0.25) is 0 Å². The third kappa shape index (κ3) is 5.36. The number of nitrogens with zero attached hydrogens (tertiary/aromatic N) is 4. The van der Waals surface area contributed by atoms with Crippen LogP contribution in [0.1, 0.15) is 45.6 Å². The van der Waals surface area contributed by atoms with Crippen LogP contribution >= 0.6 is 11.3 Å². The van der Waals surface area contributed by atoms with Gasteiger partial charge in [0.15, 0.2) is 0 Å². The van der Waals surface area contributed by atoms with Gasteiger partial charge in [-0.3, -0.25) is 14.3 Å². The first-order valence-electron chi connectivity index (χ1n) is 12.9. The molecule has 0 spiro atoms. The van der Waals surface area contributed by atoms with Crippen LogP contribution in [0, 0.1) is 6.92 Å². The lowest BCUT2D eigenvalue weighted by Gasteiger charge is -2.21. The smallest absolute Gasteiger partial charge is 0.325 e. The van der Waals surface area contributed by atoms with Gasteiger partial charge < -0.3 is 15.2 Å². The number of fused-ring (bicyclic) bond motifs is 1. The summed E-state index contributed by atoms with van der Waals surface area (Å²) in [5.41, 5.74) is 7.91. The maximum Gasteiger partial charge on any atom is 0.325 e. The molecular formula is C30H27N5O4S. The van der Waals surface area contributed by atoms with E-state index in [9.17, 15) is 9.59 Å². The first-order valence-corrected chi connectivity index (χ1v) is 13.9. The van der Waals surface area contributed by atoms with Gasteiger partial charge in [0.1, 0.15) is 6.54 Å². The van der Waals surface area contributed by atoms with Crippen molar-refractivity contribution in [1.29, 1.82) is 0 Å². The molecule has 1 fully saturated rings. The fraction of sp³-hybridized carbons (Fsp3) is 0.233. The Kier molecular flexibility index (Phi) is 6.87. The summed E-state index contributed by atoms with van der Waals surface area (Å²) in [5.74, 6) is -1.09. The highest BCUT2D eigenvalue weighted by molar-refractivity contribution is 7.07. The number of carboxylic acid groups (broad SMARTS) is 1. The van der Waals surface area contributed by atoms with E-state index in [-0.39, 0.29) is 12.5 Å². The van der Waals surface area contributed by atoms with Crippen molar-refractivity contribution in [2.45, 2.75) is 45.1 Å². The van der Waals surface area contributed by atoms with Gasteiger partial charge in [-0.15, -0.1) is 11.3 Å². The molecule has 1 saturated carbocycles. The molecule has 6 rings (SSSR count). The molecule has 9 nitrogen and oxygen atoms in total. The van der Waals surface area contributed by atoms with Gasteiger partial charge >= 0.3 is 5.97 Å². The number of aliphatic carboxylic acids is 1. The molecule has 1 aliphatic carbocycles. The van der Waals surface area contributed by atoms with E-state index in [4.69, 9.17) is 14.8 Å². The van der Waals surface area contributed by atoms with Crippen LogP contribution in [0.15, 0.2) is 71.8 Å². The van der Waals surface area contributed by atoms with E-state index in [0.29, 0.717) is 24.5 Å². The van der Waals surface area contributed by atoms with Gasteiger partial charge in [-0.2, -0.15) is 5.10 Å². The number of amides is 1. The molecule has 0 aliphatic heterocycles. The molecule has 2 aromatic carbocycles. The van der Waals surface area contributed by atoms with E-state index < -0.39 is 11.5 Å². The fourth-order valence-corrected chi connectivity index (χ4v) is 5.51. The third-order valence-corrected chi connectivity index (χ3v) is 7.73. The van der Waals surface area contributed by atoms with Crippen LogP contribution in [0.4, 0.5) is 0 Å². The van der Waals surface area contributed by atoms with Crippen molar-refractivity contribution in [2.75, 3.05) is 0 Å². The number of para-hydroxylation sites is 1. The third-order valence-electron chi connectivity index (χ3n) is 7.10. The Morgan fingerprint density at radius 1 is 1.15 bits per heavy atom. The summed E-state index contributed by atoms with van der Waals surface area (Å²) in [6.07, 6.45) is 4.92. The number of aryl methyl sites for hydroxylation is 1. The normalized spacial score (nSPS) is 13.8. The minimum absolute atomic E-state index is 0.123. The number of hydrogen-bond acceptors (Lipinski definition) is 7. The van der Waals surface area contributed by atoms with E-state index in [1.807, 2.05) is 60.8 Å². The van der Waals surface area contributed by atoms with Crippen LogP contribution in [-0.4, -0.2) is 36.7 Å². The minimum Gasteiger partial charge on any atom is -0.480 e. The molecule has 0 saturated heterocycles. The van der Waals surface area contributed by atoms with Crippen molar-refractivity contribution >= 4 is 34.1 Å². The van der Waals surface area contributed by atoms with E-state index in [0.717, 1.165) is 51.7 Å². The number of pyridine rings is 1. The van der Waals surface area contributed by atoms with Gasteiger partial charge in [-0.05, 0) is 54.7 Å². The Balaban J connectivity index is 1.24. The van der Waals surface area contributed by atoms with Crippen molar-refractivity contribution in [3.63, 3.8) is 0 Å². The molecule has 0 unspecified atom stereocenters. The predicted molar refractivity (Wildman–Crippen MR) is 151 cm³/mol. The number of ether oxygens (including phenoxy) is 1. The van der Waals surface area contributed by atoms with Gasteiger partial charge in [0.05, 0.1) is 47.4 Å². The average Bonchev–Trinajstić information content (AvgIpc) is 3.29. The molecule has 0 atom stereocenters. The Morgan fingerprint density at radius 3 is 2.75 bits per heavy atom. The average molecular weight is 554 g/mol. The van der Waals surface area contributed by atoms with E-state index in [1.54, 1.807) is 29.2 Å². The number of carbonyl (C=O) groups excluding carboxylic acids is 1. The lowest BCUT2D eigenvalue weighted by atomic mass is 9.96. The molecule has 40 heavy (non-hydrogen) atoms. The molecule has 0 bridgehead atoms. The van der Waals surface area contributed by atoms with Gasteiger partial charge in [0.25, 0.3) is 5.91 Å². The molecular weight excluding hydrogens is 526 g/mol. The summed E-state index contributed by atoms with van der Waals surface area (Å²) in [6.45, 7) is 2.61. The van der Waals surface area contributed by atoms with E-state index in [1.165, 1.54) is 4.68 Å². The largest absolute Gasteiger partial charge is 0.480 e. The van der Waals surface area contributed by atoms with E-state index >= 15 is 0 Å². The molecule has 2 N–H and O–H groups in total. The Morgan fingerprint density at radius 2 is 2.00 bits per heavy atom. The number of rotatable bonds is 10. The quantitative estimate of drug-likeness (QED) is 0.247. The molecule has 0 radical (unpaired) electrons. The van der Waals surface area contributed by atoms with Crippen molar-refractivity contribution in [3.8, 4) is 11.3 Å². The SMILES string of the molecule is Cc1cc(COCc2cscn2)ccc1C(=O)NC1(c2cc(-c3cnn(CC(=O)O)c3)nc3ccccc23)CC1. The Labute approximate surface area is 234 Å². The van der Waals surface area contributed by atoms with Crippen molar-refractivity contribution < 1.29 is 19.4 Å². The fourth-order valence-electron chi connectivity index (χ4n) is 4.96. The molecule has 1 aliphatic rings. The van der Waals surface area contributed by atoms with E-state index in [2.05, 4.69) is 15.4 Å². The number of nitrogens with one attached hydrogen (secondary N) is 1. The summed E-state index contributed by atoms with van der Waals surface area (Å²) in [4.78, 5) is 33.7. The zero-order valence-corrected chi connectivity index (χ0v) is 22.6. The van der Waals surface area contributed by atoms with Crippen LogP contribution in [-0.2, 0) is 34.8 Å². The molecule has 5 aromatic rings. The summed E-state index contributed by atoms with van der Waals surface area (Å²) in [5, 5.41) is 19.5. The molecule has 3 heterocycles. The second-order valence-electron chi connectivity index (χ2n) is 10.1. The summed E-state index contributed by atoms with van der Waals surface area (Å²) in [6, 6.07) is 15.6. The number of carboxylic acids is 1. The maximum absolute atomic E-state index is 13.5. The first-order chi connectivity index (χ1) is 19.4. The second kappa shape index (κ2) is 10.6. The monoisotopic (exact) mass is 553 g/mol. The van der Waals surface area contributed by atoms with Gasteiger partial charge in [0, 0.05) is 28.1 Å². The highest BCUT2D eigenvalue weighted by Gasteiger charge is 2.47. The van der Waals surface area contributed by atoms with Crippen LogP contribution in [0.3, 0.4) is 0 Å². The lowest BCUT2D eigenvalue weighted by molar-refractivity contribution is -0.137. The highest BCUT2D eigenvalue weighted by atomic mass is 32.1. The number of hydrogen-bond donors (Lipinski definition) is 2. The summed E-state index contributed by atoms with van der Waals surface area (Å²) >= 11 is 1.54. The number of aromatic nitrogens is 4. The summed E-state index contributed by atoms with van der Waals surface area (Å²) < 4.78 is 7.15. The van der Waals surface area contributed by atoms with Gasteiger partial charge in [-0.1, -0.05) is 30.3 Å². The predicted octanol–water partition coefficient (Wildman–Crippen LogP) is 5.08. The van der Waals surface area contributed by atoms with Gasteiger partial charge in [0.2, 0.25) is 0 Å². The molecule has 202 valence electrons. The Hall–Kier alpha value is -4.41. The van der Waals surface area contributed by atoms with Crippen LogP contribution < -0.4 is 5.32 Å². The Bertz CT molecular complexity index is 1710. The van der Waals surface area contributed by atoms with Crippen LogP contribution in [0.5, 0.6) is 0 Å². The second-order valence-corrected chi connectivity index (χ2v) is 10.8. The summed E-state index contributed by atoms with van der Waals surface area (Å²) in [7, 11) is 0. The van der Waals surface area contributed by atoms with Gasteiger partial charge in [-0.25, -0.2) is 9.97 Å². The molecule has 3 aromatic heterocycles. The number of thiazole rings is 1. The number of benzene rings is 2. The minimum atomic E-state index is -0.965. The van der Waals surface area contributed by atoms with Crippen molar-refractivity contribution in [1.82, 2.24) is 25.1 Å². The number of carbonyl (C=O) groups is 2. The topological polar surface area (TPSA) is 119 Å². The highest BCUT2D eigenvalue weighted by Crippen LogP contribution is 2.48. The maximum atomic E-state index is 13.5. The van der Waals surface area contributed by atoms with Crippen molar-refractivity contribution in [2.24, 2.45) is 0 Å². The standard InChI is InChI=1S/C30H27N5O4S/c1-19-10-20(15-39-16-22-17-40-18-31-22)6-7-23(19)29(38)34-30(8-9-30)25-11-27(33-26-5-3-2-4-24(25)26)21-12-32-35(13-21)14-28(36)37/h2-7,10-13,17-18H,8-9,14-16H2,1H3,(H,34,38)(H,36,37). The zero-order chi connectivity index (χ0) is 27.7. The molecule has 1 amide bonds. The van der Waals surface area contributed by atoms with Crippen molar-refractivity contribution in [3.05, 3.63) is 99.8 Å². The van der Waals surface area contributed by atoms with Crippen LogP contribution in [0.25, 0.3) is 22.2 Å².